The van der Waals surface area contributed by atoms with E-state index in [1.54, 1.807) is 18.2 Å². The number of aliphatic hydroxyl groups is 1. The average molecular weight is 300 g/mol. The summed E-state index contributed by atoms with van der Waals surface area (Å²) in [5.41, 5.74) is -0.0819. The number of nitriles is 1. The van der Waals surface area contributed by atoms with Crippen molar-refractivity contribution >= 4 is 22.9 Å². The monoisotopic (exact) mass is 300 g/mol. The van der Waals surface area contributed by atoms with Crippen molar-refractivity contribution in [2.75, 3.05) is 11.9 Å². The van der Waals surface area contributed by atoms with E-state index in [0.29, 0.717) is 9.75 Å². The fourth-order valence-electron chi connectivity index (χ4n) is 1.58. The van der Waals surface area contributed by atoms with E-state index in [1.807, 2.05) is 0 Å². The molecule has 1 aromatic heterocycles. The van der Waals surface area contributed by atoms with Gasteiger partial charge in [0.2, 0.25) is 0 Å². The molecule has 2 aromatic rings. The molecule has 0 fully saturated rings. The second-order valence-corrected chi connectivity index (χ2v) is 4.94. The summed E-state index contributed by atoms with van der Waals surface area (Å²) in [5, 5.41) is 20.0. The van der Waals surface area contributed by atoms with Crippen molar-refractivity contribution in [1.29, 1.82) is 5.26 Å². The minimum atomic E-state index is -0.684. The lowest BCUT2D eigenvalue weighted by atomic mass is 10.2. The van der Waals surface area contributed by atoms with Gasteiger partial charge in [-0.15, -0.1) is 11.3 Å². The Morgan fingerprint density at radius 3 is 2.90 bits per heavy atom. The highest BCUT2D eigenvalue weighted by Crippen LogP contribution is 2.21. The van der Waals surface area contributed by atoms with Gasteiger partial charge in [-0.25, -0.2) is 4.39 Å². The molecule has 0 saturated carbocycles. The summed E-state index contributed by atoms with van der Waals surface area (Å²) in [7, 11) is 0. The fourth-order valence-corrected chi connectivity index (χ4v) is 2.36. The first kappa shape index (κ1) is 14.7. The number of benzene rings is 1. The number of aliphatic hydroxyl groups excluding tert-OH is 1. The molecule has 6 heteroatoms. The zero-order valence-electron chi connectivity index (χ0n) is 10.7. The summed E-state index contributed by atoms with van der Waals surface area (Å²) < 4.78 is 13.4. The second kappa shape index (κ2) is 6.67. The van der Waals surface area contributed by atoms with E-state index < -0.39 is 11.7 Å². The van der Waals surface area contributed by atoms with Gasteiger partial charge in [0.1, 0.15) is 24.1 Å². The van der Waals surface area contributed by atoms with E-state index in [1.165, 1.54) is 12.1 Å². The maximum Gasteiger partial charge on any atom is 0.265 e. The Labute approximate surface area is 124 Å². The van der Waals surface area contributed by atoms with Gasteiger partial charge in [-0.3, -0.25) is 4.79 Å². The smallest absolute Gasteiger partial charge is 0.265 e. The Morgan fingerprint density at radius 2 is 2.19 bits per heavy atom. The number of halogens is 1. The number of hydrogen-bond donors (Lipinski definition) is 2. The lowest BCUT2D eigenvalue weighted by Crippen LogP contribution is -2.11. The summed E-state index contributed by atoms with van der Waals surface area (Å²) in [4.78, 5) is 13.1. The van der Waals surface area contributed by atoms with E-state index in [2.05, 4.69) is 17.2 Å². The maximum atomic E-state index is 13.4. The quantitative estimate of drug-likeness (QED) is 0.836. The van der Waals surface area contributed by atoms with Crippen LogP contribution in [0.4, 0.5) is 10.1 Å². The van der Waals surface area contributed by atoms with Crippen molar-refractivity contribution in [3.63, 3.8) is 0 Å². The van der Waals surface area contributed by atoms with E-state index in [9.17, 15) is 9.18 Å². The van der Waals surface area contributed by atoms with Crippen LogP contribution in [0.15, 0.2) is 30.3 Å². The van der Waals surface area contributed by atoms with Gasteiger partial charge in [0.25, 0.3) is 5.91 Å². The Bertz CT molecular complexity index is 781. The highest BCUT2D eigenvalue weighted by atomic mass is 32.1. The maximum absolute atomic E-state index is 13.4. The zero-order valence-corrected chi connectivity index (χ0v) is 11.5. The molecule has 0 unspecified atom stereocenters. The second-order valence-electron chi connectivity index (χ2n) is 3.85. The molecule has 2 N–H and O–H groups in total. The molecule has 1 aromatic carbocycles. The summed E-state index contributed by atoms with van der Waals surface area (Å²) in [5.74, 6) is 4.05. The van der Waals surface area contributed by atoms with Crippen LogP contribution in [-0.2, 0) is 0 Å². The van der Waals surface area contributed by atoms with E-state index >= 15 is 0 Å². The molecule has 104 valence electrons. The molecule has 0 bridgehead atoms. The van der Waals surface area contributed by atoms with Crippen molar-refractivity contribution in [2.24, 2.45) is 0 Å². The number of carbonyl (C=O) groups is 1. The number of carbonyl (C=O) groups excluding carboxylic acids is 1. The van der Waals surface area contributed by atoms with Crippen molar-refractivity contribution in [1.82, 2.24) is 0 Å². The number of amides is 1. The molecular weight excluding hydrogens is 291 g/mol. The third-order valence-electron chi connectivity index (χ3n) is 2.49. The normalized spacial score (nSPS) is 9.38. The molecule has 1 amide bonds. The predicted octanol–water partition coefficient (Wildman–Crippen LogP) is 2.35. The molecular formula is C15H9FN2O2S. The summed E-state index contributed by atoms with van der Waals surface area (Å²) in [6, 6.07) is 8.97. The van der Waals surface area contributed by atoms with Gasteiger partial charge in [-0.2, -0.15) is 5.26 Å². The van der Waals surface area contributed by atoms with Gasteiger partial charge in [0.05, 0.1) is 15.4 Å². The Kier molecular flexibility index (Phi) is 4.68. The van der Waals surface area contributed by atoms with E-state index in [-0.39, 0.29) is 17.9 Å². The van der Waals surface area contributed by atoms with Crippen molar-refractivity contribution in [3.8, 4) is 17.9 Å². The molecule has 2 rings (SSSR count). The van der Waals surface area contributed by atoms with Gasteiger partial charge >= 0.3 is 0 Å². The molecule has 21 heavy (non-hydrogen) atoms. The zero-order chi connectivity index (χ0) is 15.2. The molecule has 0 saturated heterocycles. The van der Waals surface area contributed by atoms with Gasteiger partial charge in [-0.1, -0.05) is 17.9 Å². The van der Waals surface area contributed by atoms with Gasteiger partial charge in [-0.05, 0) is 24.3 Å². The van der Waals surface area contributed by atoms with Gasteiger partial charge < -0.3 is 10.4 Å². The Morgan fingerprint density at radius 1 is 1.38 bits per heavy atom. The molecule has 0 aliphatic heterocycles. The number of rotatable bonds is 2. The first-order chi connectivity index (χ1) is 10.2. The van der Waals surface area contributed by atoms with Crippen molar-refractivity contribution < 1.29 is 14.3 Å². The van der Waals surface area contributed by atoms with Crippen molar-refractivity contribution in [3.05, 3.63) is 51.5 Å². The van der Waals surface area contributed by atoms with Crippen LogP contribution in [0.2, 0.25) is 0 Å². The van der Waals surface area contributed by atoms with Crippen molar-refractivity contribution in [2.45, 2.75) is 0 Å². The Balaban J connectivity index is 2.21. The average Bonchev–Trinajstić information content (AvgIpc) is 2.94. The van der Waals surface area contributed by atoms with Crippen LogP contribution in [0.25, 0.3) is 0 Å². The van der Waals surface area contributed by atoms with Crippen LogP contribution in [0, 0.1) is 29.0 Å². The van der Waals surface area contributed by atoms with Gasteiger partial charge in [0, 0.05) is 0 Å². The standard InChI is InChI=1S/C15H9FN2O2S/c16-12-4-1-5-13(11(12)9-17)18-15(20)14-7-6-10(21-14)3-2-8-19/h1,4-7,19H,8H2,(H,18,20). The molecule has 0 atom stereocenters. The first-order valence-corrected chi connectivity index (χ1v) is 6.67. The predicted molar refractivity (Wildman–Crippen MR) is 77.4 cm³/mol. The number of hydrogen-bond acceptors (Lipinski definition) is 4. The third-order valence-corrected chi connectivity index (χ3v) is 3.49. The number of nitrogens with one attached hydrogen (secondary N) is 1. The number of anilines is 1. The SMILES string of the molecule is N#Cc1c(F)cccc1NC(=O)c1ccc(C#CCO)s1. The summed E-state index contributed by atoms with van der Waals surface area (Å²) in [6.45, 7) is -0.256. The van der Waals surface area contributed by atoms with Crippen LogP contribution < -0.4 is 5.32 Å². The molecule has 0 spiro atoms. The van der Waals surface area contributed by atoms with Crippen LogP contribution in [0.3, 0.4) is 0 Å². The first-order valence-electron chi connectivity index (χ1n) is 5.85. The summed E-state index contributed by atoms with van der Waals surface area (Å²) in [6.07, 6.45) is 0. The topological polar surface area (TPSA) is 73.1 Å². The highest BCUT2D eigenvalue weighted by molar-refractivity contribution is 7.14. The summed E-state index contributed by atoms with van der Waals surface area (Å²) >= 11 is 1.14. The van der Waals surface area contributed by atoms with Gasteiger partial charge in [0.15, 0.2) is 0 Å². The van der Waals surface area contributed by atoms with Crippen LogP contribution in [0.1, 0.15) is 20.1 Å². The largest absolute Gasteiger partial charge is 0.384 e. The van der Waals surface area contributed by atoms with Crippen LogP contribution in [-0.4, -0.2) is 17.6 Å². The lowest BCUT2D eigenvalue weighted by molar-refractivity contribution is 0.103. The molecule has 4 nitrogen and oxygen atoms in total. The molecule has 0 aliphatic rings. The van der Waals surface area contributed by atoms with E-state index in [4.69, 9.17) is 10.4 Å². The minimum absolute atomic E-state index is 0.124. The molecule has 0 radical (unpaired) electrons. The Hall–Kier alpha value is -2.67. The highest BCUT2D eigenvalue weighted by Gasteiger charge is 2.13. The molecule has 0 aliphatic carbocycles. The van der Waals surface area contributed by atoms with Crippen LogP contribution in [0.5, 0.6) is 0 Å². The minimum Gasteiger partial charge on any atom is -0.384 e. The van der Waals surface area contributed by atoms with E-state index in [0.717, 1.165) is 17.4 Å². The lowest BCUT2D eigenvalue weighted by Gasteiger charge is -2.05. The number of nitrogens with zero attached hydrogens (tertiary/aromatic N) is 1. The fraction of sp³-hybridized carbons (Fsp3) is 0.0667. The number of thiophene rings is 1. The van der Waals surface area contributed by atoms with Crippen LogP contribution >= 0.6 is 11.3 Å². The molecule has 1 heterocycles. The third kappa shape index (κ3) is 3.46.